The van der Waals surface area contributed by atoms with E-state index in [1.807, 2.05) is 0 Å². The second-order valence-corrected chi connectivity index (χ2v) is 9.75. The minimum atomic E-state index is -2.82. The molecule has 0 aromatic heterocycles. The smallest absolute Gasteiger partial charge is 0.191 e. The van der Waals surface area contributed by atoms with Gasteiger partial charge in [-0.25, -0.2) is 8.42 Å². The summed E-state index contributed by atoms with van der Waals surface area (Å²) in [6.07, 6.45) is 6.78. The zero-order valence-corrected chi connectivity index (χ0v) is 15.7. The van der Waals surface area contributed by atoms with E-state index >= 15 is 0 Å². The summed E-state index contributed by atoms with van der Waals surface area (Å²) in [5, 5.41) is 7.05. The lowest BCUT2D eigenvalue weighted by molar-refractivity contribution is 0.323. The molecule has 1 heterocycles. The SMILES string of the molecule is CCC(C)NC(=NCC1CCS(=O)(=O)C1)NC1CCCC(C)C1. The van der Waals surface area contributed by atoms with Gasteiger partial charge in [-0.15, -0.1) is 0 Å². The van der Waals surface area contributed by atoms with Crippen molar-refractivity contribution in [2.75, 3.05) is 18.1 Å². The molecule has 23 heavy (non-hydrogen) atoms. The van der Waals surface area contributed by atoms with E-state index in [-0.39, 0.29) is 5.92 Å². The Morgan fingerprint density at radius 1 is 1.30 bits per heavy atom. The molecule has 1 aliphatic heterocycles. The zero-order chi connectivity index (χ0) is 16.9. The molecule has 2 aliphatic rings. The highest BCUT2D eigenvalue weighted by molar-refractivity contribution is 7.91. The van der Waals surface area contributed by atoms with E-state index in [0.29, 0.717) is 30.1 Å². The monoisotopic (exact) mass is 343 g/mol. The average Bonchev–Trinajstić information content (AvgIpc) is 2.84. The Morgan fingerprint density at radius 3 is 2.70 bits per heavy atom. The van der Waals surface area contributed by atoms with Gasteiger partial charge in [-0.2, -0.15) is 0 Å². The van der Waals surface area contributed by atoms with Crippen LogP contribution in [0, 0.1) is 11.8 Å². The largest absolute Gasteiger partial charge is 0.354 e. The number of nitrogens with one attached hydrogen (secondary N) is 2. The Bertz CT molecular complexity index is 504. The van der Waals surface area contributed by atoms with Crippen LogP contribution in [0.25, 0.3) is 0 Å². The van der Waals surface area contributed by atoms with Gasteiger partial charge in [0.2, 0.25) is 0 Å². The standard InChI is InChI=1S/C17H33N3O2S/c1-4-14(3)19-17(20-16-7-5-6-13(2)10-16)18-11-15-8-9-23(21,22)12-15/h13-16H,4-12H2,1-3H3,(H2,18,19,20). The molecule has 4 atom stereocenters. The fraction of sp³-hybridized carbons (Fsp3) is 0.941. The van der Waals surface area contributed by atoms with Crippen LogP contribution in [0.5, 0.6) is 0 Å². The molecule has 6 heteroatoms. The molecule has 0 aromatic rings. The first kappa shape index (κ1) is 18.6. The number of nitrogens with zero attached hydrogens (tertiary/aromatic N) is 1. The van der Waals surface area contributed by atoms with Crippen LogP contribution in [-0.4, -0.2) is 44.5 Å². The van der Waals surface area contributed by atoms with Crippen molar-refractivity contribution in [2.24, 2.45) is 16.8 Å². The number of aliphatic imine (C=N–C) groups is 1. The Hall–Kier alpha value is -0.780. The topological polar surface area (TPSA) is 70.6 Å². The fourth-order valence-corrected chi connectivity index (χ4v) is 5.31. The third-order valence-corrected chi connectivity index (χ3v) is 6.94. The molecule has 1 aliphatic carbocycles. The lowest BCUT2D eigenvalue weighted by Gasteiger charge is -2.30. The lowest BCUT2D eigenvalue weighted by Crippen LogP contribution is -2.48. The van der Waals surface area contributed by atoms with Crippen LogP contribution in [0.1, 0.15) is 59.3 Å². The van der Waals surface area contributed by atoms with Gasteiger partial charge < -0.3 is 10.6 Å². The van der Waals surface area contributed by atoms with Crippen molar-refractivity contribution in [3.05, 3.63) is 0 Å². The summed E-state index contributed by atoms with van der Waals surface area (Å²) in [5.74, 6) is 2.44. The van der Waals surface area contributed by atoms with Crippen molar-refractivity contribution >= 4 is 15.8 Å². The van der Waals surface area contributed by atoms with Gasteiger partial charge in [0.1, 0.15) is 0 Å². The number of rotatable bonds is 5. The number of hydrogen-bond acceptors (Lipinski definition) is 3. The Morgan fingerprint density at radius 2 is 2.09 bits per heavy atom. The molecule has 0 radical (unpaired) electrons. The Labute approximate surface area is 141 Å². The van der Waals surface area contributed by atoms with Crippen molar-refractivity contribution in [3.8, 4) is 0 Å². The second-order valence-electron chi connectivity index (χ2n) is 7.53. The van der Waals surface area contributed by atoms with Crippen molar-refractivity contribution in [1.82, 2.24) is 10.6 Å². The maximum Gasteiger partial charge on any atom is 0.191 e. The molecule has 2 fully saturated rings. The average molecular weight is 344 g/mol. The second kappa shape index (κ2) is 8.36. The van der Waals surface area contributed by atoms with Gasteiger partial charge in [0, 0.05) is 18.6 Å². The van der Waals surface area contributed by atoms with E-state index in [0.717, 1.165) is 24.7 Å². The fourth-order valence-electron chi connectivity index (χ4n) is 3.46. The molecule has 134 valence electrons. The van der Waals surface area contributed by atoms with Crippen molar-refractivity contribution < 1.29 is 8.42 Å². The van der Waals surface area contributed by atoms with Gasteiger partial charge in [-0.1, -0.05) is 26.7 Å². The van der Waals surface area contributed by atoms with Crippen LogP contribution in [0.2, 0.25) is 0 Å². The Kier molecular flexibility index (Phi) is 6.74. The third-order valence-electron chi connectivity index (χ3n) is 5.11. The van der Waals surface area contributed by atoms with Crippen LogP contribution in [0.4, 0.5) is 0 Å². The summed E-state index contributed by atoms with van der Waals surface area (Å²) >= 11 is 0. The molecule has 0 amide bonds. The van der Waals surface area contributed by atoms with Crippen molar-refractivity contribution in [3.63, 3.8) is 0 Å². The molecule has 1 saturated carbocycles. The summed E-state index contributed by atoms with van der Waals surface area (Å²) in [6, 6.07) is 0.857. The highest BCUT2D eigenvalue weighted by atomic mass is 32.2. The lowest BCUT2D eigenvalue weighted by atomic mass is 9.87. The summed E-state index contributed by atoms with van der Waals surface area (Å²) in [4.78, 5) is 4.71. The first-order valence-electron chi connectivity index (χ1n) is 9.16. The maximum absolute atomic E-state index is 11.6. The zero-order valence-electron chi connectivity index (χ0n) is 14.8. The number of hydrogen-bond donors (Lipinski definition) is 2. The minimum Gasteiger partial charge on any atom is -0.354 e. The van der Waals surface area contributed by atoms with E-state index in [1.54, 1.807) is 0 Å². The molecule has 0 aromatic carbocycles. The first-order chi connectivity index (χ1) is 10.9. The van der Waals surface area contributed by atoms with Crippen LogP contribution < -0.4 is 10.6 Å². The molecular weight excluding hydrogens is 310 g/mol. The van der Waals surface area contributed by atoms with Gasteiger partial charge in [0.25, 0.3) is 0 Å². The van der Waals surface area contributed by atoms with Gasteiger partial charge in [-0.05, 0) is 44.4 Å². The number of guanidine groups is 1. The van der Waals surface area contributed by atoms with Crippen LogP contribution in [-0.2, 0) is 9.84 Å². The van der Waals surface area contributed by atoms with Gasteiger partial charge in [0.15, 0.2) is 15.8 Å². The summed E-state index contributed by atoms with van der Waals surface area (Å²) in [5.41, 5.74) is 0. The predicted octanol–water partition coefficient (Wildman–Crippen LogP) is 2.33. The molecule has 2 N–H and O–H groups in total. The van der Waals surface area contributed by atoms with Crippen LogP contribution in [0.3, 0.4) is 0 Å². The molecule has 5 nitrogen and oxygen atoms in total. The van der Waals surface area contributed by atoms with Crippen LogP contribution >= 0.6 is 0 Å². The maximum atomic E-state index is 11.6. The van der Waals surface area contributed by atoms with Crippen molar-refractivity contribution in [1.29, 1.82) is 0 Å². The Balaban J connectivity index is 1.94. The quantitative estimate of drug-likeness (QED) is 0.594. The molecule has 0 spiro atoms. The molecule has 0 bridgehead atoms. The third kappa shape index (κ3) is 6.32. The minimum absolute atomic E-state index is 0.181. The molecular formula is C17H33N3O2S. The summed E-state index contributed by atoms with van der Waals surface area (Å²) in [7, 11) is -2.82. The number of sulfone groups is 1. The van der Waals surface area contributed by atoms with Crippen LogP contribution in [0.15, 0.2) is 4.99 Å². The normalized spacial score (nSPS) is 32.5. The highest BCUT2D eigenvalue weighted by Crippen LogP contribution is 2.23. The first-order valence-corrected chi connectivity index (χ1v) is 11.0. The predicted molar refractivity (Wildman–Crippen MR) is 96.5 cm³/mol. The van der Waals surface area contributed by atoms with E-state index in [1.165, 1.54) is 25.7 Å². The van der Waals surface area contributed by atoms with E-state index in [2.05, 4.69) is 31.4 Å². The molecule has 1 saturated heterocycles. The van der Waals surface area contributed by atoms with Gasteiger partial charge in [-0.3, -0.25) is 4.99 Å². The highest BCUT2D eigenvalue weighted by Gasteiger charge is 2.28. The van der Waals surface area contributed by atoms with Crippen molar-refractivity contribution in [2.45, 2.75) is 71.4 Å². The van der Waals surface area contributed by atoms with E-state index < -0.39 is 9.84 Å². The summed E-state index contributed by atoms with van der Waals surface area (Å²) in [6.45, 7) is 7.23. The van der Waals surface area contributed by atoms with E-state index in [9.17, 15) is 8.42 Å². The molecule has 4 unspecified atom stereocenters. The van der Waals surface area contributed by atoms with E-state index in [4.69, 9.17) is 4.99 Å². The summed E-state index contributed by atoms with van der Waals surface area (Å²) < 4.78 is 23.2. The molecule has 2 rings (SSSR count). The van der Waals surface area contributed by atoms with Gasteiger partial charge in [0.05, 0.1) is 11.5 Å². The van der Waals surface area contributed by atoms with Gasteiger partial charge >= 0.3 is 0 Å².